The Hall–Kier alpha value is -0.580. The summed E-state index contributed by atoms with van der Waals surface area (Å²) < 4.78 is 0. The van der Waals surface area contributed by atoms with E-state index in [9.17, 15) is 4.79 Å². The monoisotopic (exact) mass is 284 g/mol. The van der Waals surface area contributed by atoms with Crippen LogP contribution in [0.2, 0.25) is 5.02 Å². The van der Waals surface area contributed by atoms with Crippen LogP contribution in [0, 0.1) is 11.8 Å². The number of hydrogen-bond acceptors (Lipinski definition) is 3. The molecule has 0 bridgehead atoms. The van der Waals surface area contributed by atoms with Crippen LogP contribution in [-0.2, 0) is 0 Å². The van der Waals surface area contributed by atoms with Crippen molar-refractivity contribution in [2.45, 2.75) is 25.3 Å². The van der Waals surface area contributed by atoms with Crippen LogP contribution in [0.4, 0.5) is 0 Å². The average molecular weight is 285 g/mol. The van der Waals surface area contributed by atoms with Crippen molar-refractivity contribution in [1.82, 2.24) is 4.90 Å². The molecule has 1 aliphatic carbocycles. The molecule has 3 nitrogen and oxygen atoms in total. The van der Waals surface area contributed by atoms with E-state index >= 15 is 0 Å². The summed E-state index contributed by atoms with van der Waals surface area (Å²) in [7, 11) is 0. The Balaban J connectivity index is 1.75. The molecule has 1 saturated heterocycles. The van der Waals surface area contributed by atoms with Crippen molar-refractivity contribution in [2.24, 2.45) is 17.6 Å². The molecule has 0 aromatic carbocycles. The van der Waals surface area contributed by atoms with Crippen LogP contribution in [-0.4, -0.2) is 29.9 Å². The first-order valence-electron chi connectivity index (χ1n) is 6.44. The maximum absolute atomic E-state index is 12.4. The number of nitrogens with two attached hydrogens (primary N) is 1. The minimum atomic E-state index is 0.0802. The summed E-state index contributed by atoms with van der Waals surface area (Å²) >= 11 is 7.46. The zero-order valence-electron chi connectivity index (χ0n) is 10.1. The number of nitrogens with zero attached hydrogens (tertiary/aromatic N) is 1. The first-order valence-corrected chi connectivity index (χ1v) is 7.70. The molecule has 2 heterocycles. The summed E-state index contributed by atoms with van der Waals surface area (Å²) in [5, 5.41) is 2.44. The first-order chi connectivity index (χ1) is 8.66. The molecule has 2 fully saturated rings. The van der Waals surface area contributed by atoms with Crippen molar-refractivity contribution >= 4 is 28.8 Å². The zero-order chi connectivity index (χ0) is 12.7. The van der Waals surface area contributed by atoms with E-state index in [1.807, 2.05) is 10.3 Å². The summed E-state index contributed by atoms with van der Waals surface area (Å²) in [5.74, 6) is 1.16. The first kappa shape index (κ1) is 12.5. The lowest BCUT2D eigenvalue weighted by atomic mass is 9.78. The maximum atomic E-state index is 12.4. The van der Waals surface area contributed by atoms with Gasteiger partial charge in [0.05, 0.1) is 5.02 Å². The van der Waals surface area contributed by atoms with E-state index in [0.717, 1.165) is 19.5 Å². The second-order valence-corrected chi connectivity index (χ2v) is 6.65. The fourth-order valence-corrected chi connectivity index (χ4v) is 4.38. The Kier molecular flexibility index (Phi) is 3.34. The van der Waals surface area contributed by atoms with Crippen LogP contribution in [0.15, 0.2) is 11.4 Å². The Morgan fingerprint density at radius 3 is 2.94 bits per heavy atom. The molecular formula is C13H17ClN2OS. The minimum Gasteiger partial charge on any atom is -0.337 e. The van der Waals surface area contributed by atoms with Gasteiger partial charge in [0, 0.05) is 19.1 Å². The molecule has 5 heteroatoms. The number of hydrogen-bond donors (Lipinski definition) is 1. The van der Waals surface area contributed by atoms with Gasteiger partial charge in [-0.25, -0.2) is 0 Å². The van der Waals surface area contributed by atoms with Crippen LogP contribution in [0.1, 0.15) is 28.9 Å². The molecule has 3 rings (SSSR count). The van der Waals surface area contributed by atoms with Gasteiger partial charge in [-0.05, 0) is 36.1 Å². The molecule has 98 valence electrons. The van der Waals surface area contributed by atoms with Gasteiger partial charge in [0.1, 0.15) is 4.88 Å². The van der Waals surface area contributed by atoms with E-state index in [-0.39, 0.29) is 11.9 Å². The van der Waals surface area contributed by atoms with Crippen molar-refractivity contribution in [3.8, 4) is 0 Å². The Morgan fingerprint density at radius 1 is 1.44 bits per heavy atom. The van der Waals surface area contributed by atoms with E-state index in [4.69, 9.17) is 17.3 Å². The number of fused-ring (bicyclic) bond motifs is 1. The second-order valence-electron chi connectivity index (χ2n) is 5.33. The summed E-state index contributed by atoms with van der Waals surface area (Å²) in [6.07, 6.45) is 3.51. The number of thiophene rings is 1. The van der Waals surface area contributed by atoms with Crippen molar-refractivity contribution in [3.63, 3.8) is 0 Å². The van der Waals surface area contributed by atoms with Gasteiger partial charge in [-0.1, -0.05) is 18.0 Å². The van der Waals surface area contributed by atoms with Crippen molar-refractivity contribution in [2.75, 3.05) is 13.1 Å². The van der Waals surface area contributed by atoms with Crippen LogP contribution in [0.25, 0.3) is 0 Å². The molecule has 3 unspecified atom stereocenters. The molecule has 1 aromatic heterocycles. The number of carbonyl (C=O) groups is 1. The lowest BCUT2D eigenvalue weighted by Crippen LogP contribution is -2.38. The highest BCUT2D eigenvalue weighted by molar-refractivity contribution is 7.12. The standard InChI is InChI=1S/C13H17ClN2OS/c14-10-4-5-18-12(10)13(17)16-6-8-2-1-3-11(15)9(8)7-16/h4-5,8-9,11H,1-3,6-7,15H2. The molecule has 0 radical (unpaired) electrons. The fraction of sp³-hybridized carbons (Fsp3) is 0.615. The lowest BCUT2D eigenvalue weighted by Gasteiger charge is -2.29. The van der Waals surface area contributed by atoms with E-state index in [2.05, 4.69) is 0 Å². The predicted octanol–water partition coefficient (Wildman–Crippen LogP) is 2.60. The largest absolute Gasteiger partial charge is 0.337 e. The number of amides is 1. The third-order valence-corrected chi connectivity index (χ3v) is 5.58. The van der Waals surface area contributed by atoms with Crippen LogP contribution in [0.3, 0.4) is 0 Å². The molecule has 3 atom stereocenters. The Labute approximate surface area is 116 Å². The second kappa shape index (κ2) is 4.83. The quantitative estimate of drug-likeness (QED) is 0.862. The van der Waals surface area contributed by atoms with Crippen molar-refractivity contribution in [3.05, 3.63) is 21.3 Å². The SMILES string of the molecule is NC1CCCC2CN(C(=O)c3sccc3Cl)CC12. The van der Waals surface area contributed by atoms with E-state index in [1.165, 1.54) is 24.2 Å². The Morgan fingerprint density at radius 2 is 2.28 bits per heavy atom. The van der Waals surface area contributed by atoms with E-state index < -0.39 is 0 Å². The van der Waals surface area contributed by atoms with Gasteiger partial charge in [0.15, 0.2) is 0 Å². The third-order valence-electron chi connectivity index (χ3n) is 4.25. The molecule has 1 saturated carbocycles. The Bertz CT molecular complexity index is 462. The number of likely N-dealkylation sites (tertiary alicyclic amines) is 1. The van der Waals surface area contributed by atoms with Crippen molar-refractivity contribution < 1.29 is 4.79 Å². The molecule has 1 aliphatic heterocycles. The highest BCUT2D eigenvalue weighted by Gasteiger charge is 2.40. The minimum absolute atomic E-state index is 0.0802. The summed E-state index contributed by atoms with van der Waals surface area (Å²) in [6, 6.07) is 2.05. The van der Waals surface area contributed by atoms with E-state index in [1.54, 1.807) is 6.07 Å². The highest BCUT2D eigenvalue weighted by Crippen LogP contribution is 2.37. The fourth-order valence-electron chi connectivity index (χ4n) is 3.27. The summed E-state index contributed by atoms with van der Waals surface area (Å²) in [5.41, 5.74) is 6.17. The van der Waals surface area contributed by atoms with Gasteiger partial charge in [-0.2, -0.15) is 0 Å². The average Bonchev–Trinajstić information content (AvgIpc) is 2.95. The zero-order valence-corrected chi connectivity index (χ0v) is 11.7. The molecule has 1 aromatic rings. The van der Waals surface area contributed by atoms with E-state index in [0.29, 0.717) is 21.7 Å². The normalized spacial score (nSPS) is 31.4. The molecule has 2 N–H and O–H groups in total. The lowest BCUT2D eigenvalue weighted by molar-refractivity contribution is 0.0788. The molecule has 0 spiro atoms. The summed E-state index contributed by atoms with van der Waals surface area (Å²) in [6.45, 7) is 1.66. The predicted molar refractivity (Wildman–Crippen MR) is 74.0 cm³/mol. The number of rotatable bonds is 1. The molecular weight excluding hydrogens is 268 g/mol. The van der Waals surface area contributed by atoms with Gasteiger partial charge in [0.25, 0.3) is 5.91 Å². The van der Waals surface area contributed by atoms with Gasteiger partial charge >= 0.3 is 0 Å². The maximum Gasteiger partial charge on any atom is 0.265 e. The number of carbonyl (C=O) groups excluding carboxylic acids is 1. The van der Waals surface area contributed by atoms with Gasteiger partial charge in [0.2, 0.25) is 0 Å². The topological polar surface area (TPSA) is 46.3 Å². The van der Waals surface area contributed by atoms with Crippen LogP contribution < -0.4 is 5.73 Å². The summed E-state index contributed by atoms with van der Waals surface area (Å²) in [4.78, 5) is 15.0. The van der Waals surface area contributed by atoms with Crippen LogP contribution >= 0.6 is 22.9 Å². The van der Waals surface area contributed by atoms with Gasteiger partial charge in [-0.15, -0.1) is 11.3 Å². The number of halogens is 1. The van der Waals surface area contributed by atoms with Gasteiger partial charge < -0.3 is 10.6 Å². The molecule has 18 heavy (non-hydrogen) atoms. The smallest absolute Gasteiger partial charge is 0.265 e. The van der Waals surface area contributed by atoms with Crippen LogP contribution in [0.5, 0.6) is 0 Å². The van der Waals surface area contributed by atoms with Gasteiger partial charge in [-0.3, -0.25) is 4.79 Å². The van der Waals surface area contributed by atoms with Crippen molar-refractivity contribution in [1.29, 1.82) is 0 Å². The molecule has 2 aliphatic rings. The third kappa shape index (κ3) is 2.06. The molecule has 1 amide bonds. The highest BCUT2D eigenvalue weighted by atomic mass is 35.5.